The van der Waals surface area contributed by atoms with E-state index in [9.17, 15) is 4.79 Å². The van der Waals surface area contributed by atoms with Crippen molar-refractivity contribution in [1.29, 1.82) is 0 Å². The Morgan fingerprint density at radius 3 is 2.60 bits per heavy atom. The number of carbonyl (C=O) groups excluding carboxylic acids is 1. The Kier molecular flexibility index (Phi) is 5.84. The van der Waals surface area contributed by atoms with Gasteiger partial charge in [-0.15, -0.1) is 0 Å². The standard InChI is InChI=1S/C15H29N3O2/c1-7-12(11(2)3)17-13-10-18(9-8-16-13)14(19)20-15(4,5)6/h11-12H,7-10H2,1-6H3,(H,16,17). The molecule has 0 aromatic carbocycles. The van der Waals surface area contributed by atoms with Gasteiger partial charge in [0.25, 0.3) is 0 Å². The molecule has 1 N–H and O–H groups in total. The van der Waals surface area contributed by atoms with E-state index in [2.05, 4.69) is 31.1 Å². The van der Waals surface area contributed by atoms with Crippen LogP contribution in [0.15, 0.2) is 4.99 Å². The van der Waals surface area contributed by atoms with E-state index < -0.39 is 5.60 Å². The van der Waals surface area contributed by atoms with Gasteiger partial charge in [-0.1, -0.05) is 20.8 Å². The van der Waals surface area contributed by atoms with Gasteiger partial charge in [0.1, 0.15) is 11.4 Å². The number of amidine groups is 1. The summed E-state index contributed by atoms with van der Waals surface area (Å²) in [5.74, 6) is 1.43. The fourth-order valence-electron chi connectivity index (χ4n) is 2.14. The van der Waals surface area contributed by atoms with Gasteiger partial charge in [0.05, 0.1) is 13.1 Å². The Balaban J connectivity index is 2.58. The Bertz CT molecular complexity index is 359. The fourth-order valence-corrected chi connectivity index (χ4v) is 2.14. The highest BCUT2D eigenvalue weighted by molar-refractivity contribution is 5.88. The highest BCUT2D eigenvalue weighted by Gasteiger charge is 2.25. The molecule has 0 aliphatic carbocycles. The number of nitrogens with zero attached hydrogens (tertiary/aromatic N) is 2. The summed E-state index contributed by atoms with van der Waals surface area (Å²) in [7, 11) is 0. The molecule has 1 unspecified atom stereocenters. The van der Waals surface area contributed by atoms with E-state index in [1.807, 2.05) is 20.8 Å². The first-order valence-corrected chi connectivity index (χ1v) is 7.50. The minimum atomic E-state index is -0.455. The van der Waals surface area contributed by atoms with Crippen molar-refractivity contribution in [3.63, 3.8) is 0 Å². The Morgan fingerprint density at radius 2 is 2.10 bits per heavy atom. The smallest absolute Gasteiger partial charge is 0.410 e. The fraction of sp³-hybridized carbons (Fsp3) is 0.867. The summed E-state index contributed by atoms with van der Waals surface area (Å²) in [6.07, 6.45) is 0.785. The van der Waals surface area contributed by atoms with Gasteiger partial charge in [0.2, 0.25) is 0 Å². The van der Waals surface area contributed by atoms with Crippen LogP contribution in [-0.2, 0) is 4.74 Å². The normalized spacial score (nSPS) is 17.8. The third-order valence-corrected chi connectivity index (χ3v) is 3.26. The van der Waals surface area contributed by atoms with Crippen molar-refractivity contribution in [2.24, 2.45) is 10.9 Å². The third-order valence-electron chi connectivity index (χ3n) is 3.26. The van der Waals surface area contributed by atoms with Crippen LogP contribution in [-0.4, -0.2) is 48.1 Å². The van der Waals surface area contributed by atoms with Crippen LogP contribution in [0.5, 0.6) is 0 Å². The number of hydrogen-bond acceptors (Lipinski definition) is 4. The van der Waals surface area contributed by atoms with Crippen LogP contribution < -0.4 is 5.32 Å². The molecular weight excluding hydrogens is 254 g/mol. The highest BCUT2D eigenvalue weighted by Crippen LogP contribution is 2.12. The van der Waals surface area contributed by atoms with Gasteiger partial charge in [-0.05, 0) is 33.1 Å². The van der Waals surface area contributed by atoms with Gasteiger partial charge in [-0.3, -0.25) is 9.89 Å². The Morgan fingerprint density at radius 1 is 1.45 bits per heavy atom. The first kappa shape index (κ1) is 16.8. The van der Waals surface area contributed by atoms with Gasteiger partial charge in [0, 0.05) is 12.6 Å². The van der Waals surface area contributed by atoms with Gasteiger partial charge in [0.15, 0.2) is 0 Å². The molecule has 0 radical (unpaired) electrons. The molecule has 1 aliphatic heterocycles. The first-order valence-electron chi connectivity index (χ1n) is 7.50. The average Bonchev–Trinajstić information content (AvgIpc) is 2.34. The van der Waals surface area contributed by atoms with Crippen molar-refractivity contribution in [2.75, 3.05) is 19.6 Å². The van der Waals surface area contributed by atoms with Gasteiger partial charge < -0.3 is 10.1 Å². The zero-order valence-electron chi connectivity index (χ0n) is 13.7. The second kappa shape index (κ2) is 6.95. The van der Waals surface area contributed by atoms with Crippen molar-refractivity contribution >= 4 is 11.9 Å². The van der Waals surface area contributed by atoms with Crippen LogP contribution in [0.25, 0.3) is 0 Å². The van der Waals surface area contributed by atoms with Gasteiger partial charge >= 0.3 is 6.09 Å². The largest absolute Gasteiger partial charge is 0.444 e. The van der Waals surface area contributed by atoms with E-state index in [0.29, 0.717) is 31.6 Å². The quantitative estimate of drug-likeness (QED) is 0.866. The molecule has 1 heterocycles. The summed E-state index contributed by atoms with van der Waals surface area (Å²) in [6.45, 7) is 14.0. The lowest BCUT2D eigenvalue weighted by Gasteiger charge is -2.32. The molecule has 116 valence electrons. The zero-order valence-corrected chi connectivity index (χ0v) is 13.7. The maximum Gasteiger partial charge on any atom is 0.410 e. The molecule has 1 amide bonds. The molecule has 0 spiro atoms. The molecule has 5 nitrogen and oxygen atoms in total. The van der Waals surface area contributed by atoms with Crippen molar-refractivity contribution in [1.82, 2.24) is 10.2 Å². The molecule has 0 fully saturated rings. The predicted octanol–water partition coefficient (Wildman–Crippen LogP) is 2.66. The van der Waals surface area contributed by atoms with E-state index in [1.165, 1.54) is 0 Å². The van der Waals surface area contributed by atoms with Crippen molar-refractivity contribution in [2.45, 2.75) is 59.6 Å². The number of carbonyl (C=O) groups is 1. The molecule has 0 saturated carbocycles. The number of ether oxygens (including phenoxy) is 1. The number of rotatable bonds is 3. The summed E-state index contributed by atoms with van der Waals surface area (Å²) in [4.78, 5) is 18.3. The lowest BCUT2D eigenvalue weighted by atomic mass is 10.0. The van der Waals surface area contributed by atoms with E-state index in [1.54, 1.807) is 4.90 Å². The minimum absolute atomic E-state index is 0.260. The summed E-state index contributed by atoms with van der Waals surface area (Å²) in [6, 6.07) is 0.396. The highest BCUT2D eigenvalue weighted by atomic mass is 16.6. The first-order chi connectivity index (χ1) is 9.23. The van der Waals surface area contributed by atoms with Crippen molar-refractivity contribution in [3.05, 3.63) is 0 Å². The molecule has 0 aromatic heterocycles. The molecule has 0 saturated heterocycles. The Labute approximate surface area is 122 Å². The van der Waals surface area contributed by atoms with Crippen molar-refractivity contribution in [3.8, 4) is 0 Å². The van der Waals surface area contributed by atoms with Crippen LogP contribution in [0.4, 0.5) is 4.79 Å². The van der Waals surface area contributed by atoms with E-state index in [0.717, 1.165) is 12.3 Å². The lowest BCUT2D eigenvalue weighted by molar-refractivity contribution is 0.0276. The average molecular weight is 283 g/mol. The molecule has 0 bridgehead atoms. The molecule has 1 atom stereocenters. The number of hydrogen-bond donors (Lipinski definition) is 1. The third kappa shape index (κ3) is 5.39. The molecule has 1 aliphatic rings. The zero-order chi connectivity index (χ0) is 15.3. The van der Waals surface area contributed by atoms with Crippen LogP contribution in [0.1, 0.15) is 48.0 Å². The summed E-state index contributed by atoms with van der Waals surface area (Å²) < 4.78 is 5.41. The number of aliphatic imine (C=N–C) groups is 1. The van der Waals surface area contributed by atoms with Crippen LogP contribution in [0, 0.1) is 5.92 Å². The second-order valence-corrected chi connectivity index (χ2v) is 6.63. The monoisotopic (exact) mass is 283 g/mol. The van der Waals surface area contributed by atoms with E-state index in [-0.39, 0.29) is 6.09 Å². The van der Waals surface area contributed by atoms with E-state index in [4.69, 9.17) is 4.74 Å². The molecular formula is C15H29N3O2. The summed E-state index contributed by atoms with van der Waals surface area (Å²) in [5, 5.41) is 3.45. The minimum Gasteiger partial charge on any atom is -0.444 e. The SMILES string of the molecule is CCC(NC1=NCCN(C(=O)OC(C)(C)C)C1)C(C)C. The van der Waals surface area contributed by atoms with Crippen LogP contribution >= 0.6 is 0 Å². The van der Waals surface area contributed by atoms with Crippen molar-refractivity contribution < 1.29 is 9.53 Å². The van der Waals surface area contributed by atoms with Gasteiger partial charge in [-0.2, -0.15) is 0 Å². The van der Waals surface area contributed by atoms with Gasteiger partial charge in [-0.25, -0.2) is 4.79 Å². The number of nitrogens with one attached hydrogen (secondary N) is 1. The molecule has 0 aromatic rings. The summed E-state index contributed by atoms with van der Waals surface area (Å²) >= 11 is 0. The predicted molar refractivity (Wildman–Crippen MR) is 82.2 cm³/mol. The second-order valence-electron chi connectivity index (χ2n) is 6.63. The molecule has 1 rings (SSSR count). The lowest BCUT2D eigenvalue weighted by Crippen LogP contribution is -2.50. The van der Waals surface area contributed by atoms with Crippen LogP contribution in [0.3, 0.4) is 0 Å². The Hall–Kier alpha value is -1.26. The maximum absolute atomic E-state index is 12.1. The summed E-state index contributed by atoms with van der Waals surface area (Å²) in [5.41, 5.74) is -0.455. The van der Waals surface area contributed by atoms with Crippen LogP contribution in [0.2, 0.25) is 0 Å². The molecule has 20 heavy (non-hydrogen) atoms. The molecule has 5 heteroatoms. The maximum atomic E-state index is 12.1. The number of amides is 1. The van der Waals surface area contributed by atoms with E-state index >= 15 is 0 Å². The topological polar surface area (TPSA) is 53.9 Å².